The highest BCUT2D eigenvalue weighted by Gasteiger charge is 2.54. The molecule has 0 aromatic heterocycles. The number of aliphatic imine (C=N–C) groups is 1. The molecule has 27 heavy (non-hydrogen) atoms. The number of benzene rings is 2. The molecule has 1 aliphatic rings. The Hall–Kier alpha value is -3.29. The zero-order valence-corrected chi connectivity index (χ0v) is 14.7. The summed E-state index contributed by atoms with van der Waals surface area (Å²) in [4.78, 5) is 27.4. The van der Waals surface area contributed by atoms with Crippen molar-refractivity contribution in [1.82, 2.24) is 0 Å². The van der Waals surface area contributed by atoms with Crippen LogP contribution in [0.5, 0.6) is 0 Å². The lowest BCUT2D eigenvalue weighted by molar-refractivity contribution is -0.385. The molecule has 8 heteroatoms. The molecule has 140 valence electrons. The number of esters is 1. The first kappa shape index (κ1) is 18.5. The summed E-state index contributed by atoms with van der Waals surface area (Å²) < 4.78 is 25.7. The first-order chi connectivity index (χ1) is 12.9. The monoisotopic (exact) mass is 372 g/mol. The molecule has 2 atom stereocenters. The smallest absolute Gasteiger partial charge is 0.342 e. The van der Waals surface area contributed by atoms with Gasteiger partial charge in [-0.3, -0.25) is 10.1 Å². The first-order valence-corrected chi connectivity index (χ1v) is 8.33. The molecule has 0 bridgehead atoms. The minimum Gasteiger partial charge on any atom is -0.471 e. The van der Waals surface area contributed by atoms with Gasteiger partial charge in [-0.25, -0.2) is 14.2 Å². The molecule has 0 saturated heterocycles. The average Bonchev–Trinajstić information content (AvgIpc) is 3.00. The van der Waals surface area contributed by atoms with Crippen LogP contribution in [-0.2, 0) is 19.8 Å². The van der Waals surface area contributed by atoms with E-state index in [1.807, 2.05) is 6.07 Å². The topological polar surface area (TPSA) is 91.0 Å². The van der Waals surface area contributed by atoms with Crippen LogP contribution in [0.4, 0.5) is 10.1 Å². The van der Waals surface area contributed by atoms with Crippen LogP contribution < -0.4 is 0 Å². The third kappa shape index (κ3) is 3.14. The highest BCUT2D eigenvalue weighted by atomic mass is 19.1. The van der Waals surface area contributed by atoms with Crippen LogP contribution >= 0.6 is 0 Å². The minimum absolute atomic E-state index is 0.0676. The normalized spacial score (nSPS) is 21.3. The number of rotatable bonds is 5. The summed E-state index contributed by atoms with van der Waals surface area (Å²) in [5.74, 6) is -1.53. The van der Waals surface area contributed by atoms with Crippen molar-refractivity contribution in [1.29, 1.82) is 0 Å². The Balaban J connectivity index is 2.18. The van der Waals surface area contributed by atoms with Crippen molar-refractivity contribution in [2.24, 2.45) is 4.99 Å². The van der Waals surface area contributed by atoms with Crippen LogP contribution in [0.25, 0.3) is 0 Å². The lowest BCUT2D eigenvalue weighted by atomic mass is 9.85. The van der Waals surface area contributed by atoms with Crippen molar-refractivity contribution >= 4 is 17.6 Å². The molecule has 0 fully saturated rings. The third-order valence-electron chi connectivity index (χ3n) is 4.34. The molecule has 3 rings (SSSR count). The summed E-state index contributed by atoms with van der Waals surface area (Å²) in [7, 11) is 0. The van der Waals surface area contributed by atoms with Crippen LogP contribution in [0, 0.1) is 15.9 Å². The van der Waals surface area contributed by atoms with Crippen molar-refractivity contribution in [3.05, 3.63) is 75.6 Å². The predicted molar refractivity (Wildman–Crippen MR) is 94.9 cm³/mol. The highest BCUT2D eigenvalue weighted by Crippen LogP contribution is 2.41. The molecule has 0 unspecified atom stereocenters. The number of hydrogen-bond donors (Lipinski definition) is 0. The summed E-state index contributed by atoms with van der Waals surface area (Å²) in [5, 5.41) is 10.9. The van der Waals surface area contributed by atoms with Crippen LogP contribution in [0.3, 0.4) is 0 Å². The van der Waals surface area contributed by atoms with Gasteiger partial charge in [-0.1, -0.05) is 18.2 Å². The Bertz CT molecular complexity index is 916. The molecule has 0 radical (unpaired) electrons. The quantitative estimate of drug-likeness (QED) is 0.456. The molecule has 0 amide bonds. The fraction of sp³-hybridized carbons (Fsp3) is 0.263. The van der Waals surface area contributed by atoms with Gasteiger partial charge in [0.25, 0.3) is 5.69 Å². The van der Waals surface area contributed by atoms with Gasteiger partial charge >= 0.3 is 5.97 Å². The standard InChI is InChI=1S/C19H17FN2O5/c1-3-26-18(23)19(15-10-9-14(22(24)25)11-16(15)20)12(2)27-17(21-19)13-7-5-4-6-8-13/h4-12H,3H2,1-2H3/t12-,19+/m1/s1. The van der Waals surface area contributed by atoms with E-state index >= 15 is 0 Å². The number of nitrogens with zero attached hydrogens (tertiary/aromatic N) is 2. The molecule has 0 N–H and O–H groups in total. The van der Waals surface area contributed by atoms with E-state index in [4.69, 9.17) is 9.47 Å². The van der Waals surface area contributed by atoms with Crippen molar-refractivity contribution in [2.45, 2.75) is 25.5 Å². The number of nitro benzene ring substituents is 1. The maximum Gasteiger partial charge on any atom is 0.342 e. The zero-order chi connectivity index (χ0) is 19.6. The van der Waals surface area contributed by atoms with Crippen molar-refractivity contribution in [3.8, 4) is 0 Å². The second kappa shape index (κ2) is 7.14. The first-order valence-electron chi connectivity index (χ1n) is 8.33. The second-order valence-electron chi connectivity index (χ2n) is 5.95. The summed E-state index contributed by atoms with van der Waals surface area (Å²) in [6.45, 7) is 3.27. The lowest BCUT2D eigenvalue weighted by Crippen LogP contribution is -2.43. The number of carbonyl (C=O) groups excluding carboxylic acids is 1. The Labute approximate surface area is 154 Å². The Morgan fingerprint density at radius 1 is 1.33 bits per heavy atom. The zero-order valence-electron chi connectivity index (χ0n) is 14.7. The Morgan fingerprint density at radius 3 is 2.63 bits per heavy atom. The molecule has 0 aliphatic carbocycles. The van der Waals surface area contributed by atoms with Crippen molar-refractivity contribution in [3.63, 3.8) is 0 Å². The lowest BCUT2D eigenvalue weighted by Gasteiger charge is -2.27. The maximum atomic E-state index is 14.8. The minimum atomic E-state index is -1.79. The molecular formula is C19H17FN2O5. The molecular weight excluding hydrogens is 355 g/mol. The van der Waals surface area contributed by atoms with Crippen molar-refractivity contribution < 1.29 is 23.6 Å². The average molecular weight is 372 g/mol. The SMILES string of the molecule is CCOC(=O)[C@]1(c2ccc([N+](=O)[O-])cc2F)N=C(c2ccccc2)O[C@@H]1C. The van der Waals surface area contributed by atoms with E-state index < -0.39 is 34.0 Å². The van der Waals surface area contributed by atoms with Crippen LogP contribution in [0.15, 0.2) is 53.5 Å². The molecule has 1 heterocycles. The van der Waals surface area contributed by atoms with Gasteiger partial charge in [0.15, 0.2) is 0 Å². The summed E-state index contributed by atoms with van der Waals surface area (Å²) in [6, 6.07) is 11.9. The van der Waals surface area contributed by atoms with Crippen molar-refractivity contribution in [2.75, 3.05) is 6.61 Å². The Morgan fingerprint density at radius 2 is 2.04 bits per heavy atom. The number of hydrogen-bond acceptors (Lipinski definition) is 6. The summed E-state index contributed by atoms with van der Waals surface area (Å²) in [5.41, 5.74) is -1.72. The van der Waals surface area contributed by atoms with Gasteiger partial charge in [0.1, 0.15) is 11.9 Å². The van der Waals surface area contributed by atoms with E-state index in [1.165, 1.54) is 6.07 Å². The van der Waals surface area contributed by atoms with Gasteiger partial charge in [0.05, 0.1) is 17.6 Å². The second-order valence-corrected chi connectivity index (χ2v) is 5.95. The fourth-order valence-corrected chi connectivity index (χ4v) is 3.01. The number of halogens is 1. The molecule has 2 aromatic rings. The number of ether oxygens (including phenoxy) is 2. The van der Waals surface area contributed by atoms with Gasteiger partial charge in [-0.2, -0.15) is 0 Å². The van der Waals surface area contributed by atoms with E-state index in [1.54, 1.807) is 38.1 Å². The molecule has 2 aromatic carbocycles. The fourth-order valence-electron chi connectivity index (χ4n) is 3.01. The van der Waals surface area contributed by atoms with Gasteiger partial charge in [0, 0.05) is 17.2 Å². The van der Waals surface area contributed by atoms with E-state index in [2.05, 4.69) is 4.99 Å². The van der Waals surface area contributed by atoms with Crippen LogP contribution in [0.1, 0.15) is 25.0 Å². The maximum absolute atomic E-state index is 14.8. The van der Waals surface area contributed by atoms with E-state index in [9.17, 15) is 19.3 Å². The van der Waals surface area contributed by atoms with Gasteiger partial charge < -0.3 is 9.47 Å². The molecule has 0 saturated carbocycles. The van der Waals surface area contributed by atoms with Crippen LogP contribution in [-0.4, -0.2) is 29.5 Å². The van der Waals surface area contributed by atoms with E-state index in [0.29, 0.717) is 5.56 Å². The molecule has 1 aliphatic heterocycles. The molecule has 7 nitrogen and oxygen atoms in total. The van der Waals surface area contributed by atoms with Gasteiger partial charge in [-0.15, -0.1) is 0 Å². The Kier molecular flexibility index (Phi) is 4.89. The third-order valence-corrected chi connectivity index (χ3v) is 4.34. The number of nitro groups is 1. The predicted octanol–water partition coefficient (Wildman–Crippen LogP) is 3.36. The van der Waals surface area contributed by atoms with Crippen LogP contribution in [0.2, 0.25) is 0 Å². The molecule has 0 spiro atoms. The summed E-state index contributed by atoms with van der Waals surface area (Å²) >= 11 is 0. The number of non-ortho nitro benzene ring substituents is 1. The largest absolute Gasteiger partial charge is 0.471 e. The van der Waals surface area contributed by atoms with E-state index in [-0.39, 0.29) is 18.1 Å². The van der Waals surface area contributed by atoms with Gasteiger partial charge in [0.2, 0.25) is 11.4 Å². The summed E-state index contributed by atoms with van der Waals surface area (Å²) in [6.07, 6.45) is -0.872. The van der Waals surface area contributed by atoms with E-state index in [0.717, 1.165) is 12.1 Å². The van der Waals surface area contributed by atoms with Gasteiger partial charge in [-0.05, 0) is 32.0 Å². The number of carbonyl (C=O) groups is 1. The highest BCUT2D eigenvalue weighted by molar-refractivity contribution is 6.00.